The van der Waals surface area contributed by atoms with E-state index >= 15 is 0 Å². The van der Waals surface area contributed by atoms with Crippen molar-refractivity contribution in [3.05, 3.63) is 69.6 Å². The number of aromatic nitrogens is 3. The van der Waals surface area contributed by atoms with Crippen LogP contribution in [0.3, 0.4) is 0 Å². The van der Waals surface area contributed by atoms with Crippen LogP contribution in [0.4, 0.5) is 0 Å². The van der Waals surface area contributed by atoms with Crippen LogP contribution in [0.1, 0.15) is 24.2 Å². The fourth-order valence-corrected chi connectivity index (χ4v) is 4.06. The Morgan fingerprint density at radius 2 is 2.00 bits per heavy atom. The van der Waals surface area contributed by atoms with Crippen LogP contribution >= 0.6 is 11.3 Å². The molecule has 0 fully saturated rings. The highest BCUT2D eigenvalue weighted by Crippen LogP contribution is 2.24. The largest absolute Gasteiger partial charge is 0.352 e. The molecule has 4 aromatic rings. The van der Waals surface area contributed by atoms with E-state index < -0.39 is 0 Å². The quantitative estimate of drug-likeness (QED) is 0.559. The third-order valence-corrected chi connectivity index (χ3v) is 5.42. The molecule has 0 radical (unpaired) electrons. The molecule has 0 saturated heterocycles. The van der Waals surface area contributed by atoms with Gasteiger partial charge in [-0.25, -0.2) is 4.68 Å². The summed E-state index contributed by atoms with van der Waals surface area (Å²) in [6, 6.07) is 13.7. The second-order valence-corrected chi connectivity index (χ2v) is 7.42. The van der Waals surface area contributed by atoms with Crippen molar-refractivity contribution in [2.24, 2.45) is 0 Å². The third kappa shape index (κ3) is 3.50. The monoisotopic (exact) mass is 380 g/mol. The van der Waals surface area contributed by atoms with Gasteiger partial charge in [-0.3, -0.25) is 14.0 Å². The number of benzene rings is 1. The van der Waals surface area contributed by atoms with Gasteiger partial charge in [0.2, 0.25) is 5.91 Å². The van der Waals surface area contributed by atoms with Gasteiger partial charge < -0.3 is 5.32 Å². The molecule has 0 atom stereocenters. The van der Waals surface area contributed by atoms with Crippen LogP contribution in [-0.2, 0) is 17.9 Å². The van der Waals surface area contributed by atoms with Crippen LogP contribution in [0.25, 0.3) is 15.7 Å². The molecule has 1 aromatic carbocycles. The normalized spacial score (nSPS) is 11.3. The van der Waals surface area contributed by atoms with Crippen molar-refractivity contribution >= 4 is 33.0 Å². The predicted octanol–water partition coefficient (Wildman–Crippen LogP) is 3.12. The van der Waals surface area contributed by atoms with Gasteiger partial charge in [0, 0.05) is 19.5 Å². The lowest BCUT2D eigenvalue weighted by Gasteiger charge is -2.09. The highest BCUT2D eigenvalue weighted by Gasteiger charge is 2.13. The molecule has 3 aromatic heterocycles. The molecule has 0 aliphatic heterocycles. The smallest absolute Gasteiger partial charge is 0.291 e. The summed E-state index contributed by atoms with van der Waals surface area (Å²) in [4.78, 5) is 24.8. The minimum absolute atomic E-state index is 0.0205. The Kier molecular flexibility index (Phi) is 4.77. The molecular weight excluding hydrogens is 360 g/mol. The zero-order valence-electron chi connectivity index (χ0n) is 15.0. The average molecular weight is 380 g/mol. The van der Waals surface area contributed by atoms with Crippen molar-refractivity contribution in [2.75, 3.05) is 0 Å². The number of hydrogen-bond acceptors (Lipinski definition) is 4. The lowest BCUT2D eigenvalue weighted by Crippen LogP contribution is -2.27. The summed E-state index contributed by atoms with van der Waals surface area (Å²) in [5.41, 5.74) is 2.61. The first-order valence-corrected chi connectivity index (χ1v) is 9.78. The molecule has 0 unspecified atom stereocenters. The minimum atomic E-state index is -0.117. The number of hydrogen-bond donors (Lipinski definition) is 1. The maximum absolute atomic E-state index is 12.7. The van der Waals surface area contributed by atoms with E-state index in [0.717, 1.165) is 21.6 Å². The highest BCUT2D eigenvalue weighted by atomic mass is 32.1. The van der Waals surface area contributed by atoms with Gasteiger partial charge in [-0.1, -0.05) is 30.3 Å². The molecule has 138 valence electrons. The maximum atomic E-state index is 12.7. The molecule has 6 nitrogen and oxygen atoms in total. The summed E-state index contributed by atoms with van der Waals surface area (Å²) in [7, 11) is 0. The van der Waals surface area contributed by atoms with Crippen molar-refractivity contribution in [3.63, 3.8) is 0 Å². The molecule has 0 bridgehead atoms. The Morgan fingerprint density at radius 3 is 2.81 bits per heavy atom. The number of carbonyl (C=O) groups is 1. The summed E-state index contributed by atoms with van der Waals surface area (Å²) >= 11 is 1.61. The zero-order chi connectivity index (χ0) is 18.8. The highest BCUT2D eigenvalue weighted by molar-refractivity contribution is 7.17. The van der Waals surface area contributed by atoms with Gasteiger partial charge >= 0.3 is 0 Å². The van der Waals surface area contributed by atoms with Crippen LogP contribution in [0.5, 0.6) is 0 Å². The molecule has 1 N–H and O–H groups in total. The Labute approximate surface area is 160 Å². The number of rotatable bonds is 6. The minimum Gasteiger partial charge on any atom is -0.352 e. The Morgan fingerprint density at radius 1 is 1.19 bits per heavy atom. The van der Waals surface area contributed by atoms with Gasteiger partial charge in [-0.2, -0.15) is 5.10 Å². The van der Waals surface area contributed by atoms with Gasteiger partial charge in [0.25, 0.3) is 5.56 Å². The fraction of sp³-hybridized carbons (Fsp3) is 0.250. The van der Waals surface area contributed by atoms with Crippen LogP contribution in [0.15, 0.2) is 52.6 Å². The second-order valence-electron chi connectivity index (χ2n) is 6.48. The van der Waals surface area contributed by atoms with E-state index in [0.29, 0.717) is 31.4 Å². The molecule has 4 rings (SSSR count). The predicted molar refractivity (Wildman–Crippen MR) is 107 cm³/mol. The summed E-state index contributed by atoms with van der Waals surface area (Å²) in [6.07, 6.45) is 0.930. The topological polar surface area (TPSA) is 68.4 Å². The number of nitrogens with one attached hydrogen (secondary N) is 1. The third-order valence-electron chi connectivity index (χ3n) is 4.57. The molecule has 0 aliphatic carbocycles. The Balaban J connectivity index is 1.41. The zero-order valence-corrected chi connectivity index (χ0v) is 15.8. The van der Waals surface area contributed by atoms with E-state index in [-0.39, 0.29) is 11.5 Å². The number of carbonyl (C=O) groups excluding carboxylic acids is 1. The molecule has 0 saturated carbocycles. The lowest BCUT2D eigenvalue weighted by molar-refractivity contribution is -0.121. The maximum Gasteiger partial charge on any atom is 0.291 e. The Bertz CT molecular complexity index is 1160. The van der Waals surface area contributed by atoms with Crippen molar-refractivity contribution in [3.8, 4) is 0 Å². The van der Waals surface area contributed by atoms with Crippen molar-refractivity contribution in [2.45, 2.75) is 32.9 Å². The number of fused-ring (bicyclic) bond motifs is 3. The number of amides is 1. The standard InChI is InChI=1S/C20H20N4O2S/c1-14-22-23(20(26)17-12-18-16(24(14)17)9-11-27-18)10-5-8-19(25)21-13-15-6-3-2-4-7-15/h2-4,6-7,9,11-12H,5,8,10,13H2,1H3,(H,21,25). The summed E-state index contributed by atoms with van der Waals surface area (Å²) in [6.45, 7) is 2.84. The van der Waals surface area contributed by atoms with Crippen molar-refractivity contribution < 1.29 is 4.79 Å². The van der Waals surface area contributed by atoms with E-state index in [2.05, 4.69) is 10.4 Å². The van der Waals surface area contributed by atoms with Gasteiger partial charge in [-0.15, -0.1) is 11.3 Å². The molecular formula is C20H20N4O2S. The van der Waals surface area contributed by atoms with Gasteiger partial charge in [-0.05, 0) is 36.4 Å². The van der Waals surface area contributed by atoms with Crippen LogP contribution < -0.4 is 10.9 Å². The number of nitrogens with zero attached hydrogens (tertiary/aromatic N) is 3. The van der Waals surface area contributed by atoms with E-state index in [1.807, 2.05) is 59.2 Å². The Hall–Kier alpha value is -2.93. The molecule has 3 heterocycles. The van der Waals surface area contributed by atoms with Crippen LogP contribution in [0.2, 0.25) is 0 Å². The number of aryl methyl sites for hydroxylation is 2. The van der Waals surface area contributed by atoms with Crippen molar-refractivity contribution in [1.82, 2.24) is 19.5 Å². The SMILES string of the molecule is Cc1nn(CCCC(=O)NCc2ccccc2)c(=O)c2cc3sccc3n12. The van der Waals surface area contributed by atoms with Gasteiger partial charge in [0.05, 0.1) is 10.2 Å². The van der Waals surface area contributed by atoms with Crippen LogP contribution in [-0.4, -0.2) is 20.1 Å². The first kappa shape index (κ1) is 17.5. The molecule has 1 amide bonds. The van der Waals surface area contributed by atoms with Gasteiger partial charge in [0.1, 0.15) is 11.3 Å². The lowest BCUT2D eigenvalue weighted by atomic mass is 10.2. The van der Waals surface area contributed by atoms with E-state index in [9.17, 15) is 9.59 Å². The molecule has 7 heteroatoms. The fourth-order valence-electron chi connectivity index (χ4n) is 3.25. The first-order valence-electron chi connectivity index (χ1n) is 8.90. The molecule has 0 aliphatic rings. The summed E-state index contributed by atoms with van der Waals surface area (Å²) < 4.78 is 4.45. The van der Waals surface area contributed by atoms with E-state index in [4.69, 9.17) is 0 Å². The van der Waals surface area contributed by atoms with Crippen molar-refractivity contribution in [1.29, 1.82) is 0 Å². The van der Waals surface area contributed by atoms with Crippen LogP contribution in [0, 0.1) is 6.92 Å². The summed E-state index contributed by atoms with van der Waals surface area (Å²) in [5.74, 6) is 0.749. The number of thiophene rings is 1. The summed E-state index contributed by atoms with van der Waals surface area (Å²) in [5, 5.41) is 9.35. The molecule has 27 heavy (non-hydrogen) atoms. The average Bonchev–Trinajstić information content (AvgIpc) is 3.26. The molecule has 0 spiro atoms. The first-order chi connectivity index (χ1) is 13.1. The van der Waals surface area contributed by atoms with Gasteiger partial charge in [0.15, 0.2) is 0 Å². The van der Waals surface area contributed by atoms with E-state index in [1.165, 1.54) is 4.68 Å². The second kappa shape index (κ2) is 7.36. The van der Waals surface area contributed by atoms with E-state index in [1.54, 1.807) is 11.3 Å².